The molecule has 0 spiro atoms. The van der Waals surface area contributed by atoms with Crippen molar-refractivity contribution in [2.45, 2.75) is 6.92 Å². The summed E-state index contributed by atoms with van der Waals surface area (Å²) in [5, 5.41) is 12.7. The SMILES string of the molecule is Cc1cc(C#N)nc(Nc2c(Cl)cc(Cl)c3c2N=S=N3)n1. The number of hydrogen-bond acceptors (Lipinski definition) is 6. The Kier molecular flexibility index (Phi) is 3.59. The fraction of sp³-hybridized carbons (Fsp3) is 0.0833. The Morgan fingerprint density at radius 1 is 1.14 bits per heavy atom. The molecule has 3 rings (SSSR count). The lowest BCUT2D eigenvalue weighted by Crippen LogP contribution is -2.01. The standard InChI is InChI=1S/C12H6Cl2N6S/c1-5-2-6(4-15)17-12(16-5)18-9-7(13)3-8(14)10-11(9)20-21-19-10/h2-3H,1H3,(H,16,17,18). The fourth-order valence-corrected chi connectivity index (χ4v) is 2.95. The van der Waals surface area contributed by atoms with Crippen LogP contribution < -0.4 is 5.32 Å². The van der Waals surface area contributed by atoms with E-state index in [2.05, 4.69) is 24.0 Å². The lowest BCUT2D eigenvalue weighted by Gasteiger charge is -2.11. The molecule has 2 heterocycles. The van der Waals surface area contributed by atoms with Gasteiger partial charge in [0.1, 0.15) is 23.1 Å². The van der Waals surface area contributed by atoms with Crippen LogP contribution in [0.1, 0.15) is 11.4 Å². The van der Waals surface area contributed by atoms with E-state index in [0.29, 0.717) is 32.8 Å². The molecule has 1 aliphatic heterocycles. The van der Waals surface area contributed by atoms with Crippen molar-refractivity contribution in [1.29, 1.82) is 5.26 Å². The van der Waals surface area contributed by atoms with Gasteiger partial charge >= 0.3 is 0 Å². The van der Waals surface area contributed by atoms with Gasteiger partial charge in [-0.1, -0.05) is 23.2 Å². The summed E-state index contributed by atoms with van der Waals surface area (Å²) in [6.07, 6.45) is 0. The molecule has 1 aromatic carbocycles. The maximum Gasteiger partial charge on any atom is 0.228 e. The van der Waals surface area contributed by atoms with Gasteiger partial charge in [0, 0.05) is 5.69 Å². The number of nitriles is 1. The molecule has 9 heteroatoms. The van der Waals surface area contributed by atoms with Gasteiger partial charge < -0.3 is 5.32 Å². The summed E-state index contributed by atoms with van der Waals surface area (Å²) in [5.41, 5.74) is 2.55. The first-order valence-electron chi connectivity index (χ1n) is 5.71. The summed E-state index contributed by atoms with van der Waals surface area (Å²) in [6.45, 7) is 1.77. The van der Waals surface area contributed by atoms with Crippen LogP contribution in [-0.2, 0) is 11.4 Å². The molecule has 0 bridgehead atoms. The molecular weight excluding hydrogens is 331 g/mol. The molecule has 1 aliphatic rings. The Morgan fingerprint density at radius 3 is 2.67 bits per heavy atom. The minimum Gasteiger partial charge on any atom is -0.321 e. The summed E-state index contributed by atoms with van der Waals surface area (Å²) < 4.78 is 8.30. The van der Waals surface area contributed by atoms with Crippen molar-refractivity contribution in [3.8, 4) is 6.07 Å². The van der Waals surface area contributed by atoms with Gasteiger partial charge in [-0.25, -0.2) is 9.97 Å². The van der Waals surface area contributed by atoms with Gasteiger partial charge in [-0.3, -0.25) is 0 Å². The number of aromatic nitrogens is 2. The van der Waals surface area contributed by atoms with Gasteiger partial charge in [-0.05, 0) is 19.1 Å². The molecule has 0 atom stereocenters. The van der Waals surface area contributed by atoms with Crippen molar-refractivity contribution in [3.63, 3.8) is 0 Å². The Balaban J connectivity index is 2.08. The zero-order chi connectivity index (χ0) is 15.0. The Hall–Kier alpha value is -2.01. The van der Waals surface area contributed by atoms with Crippen LogP contribution in [0, 0.1) is 18.3 Å². The summed E-state index contributed by atoms with van der Waals surface area (Å²) in [5.74, 6) is 0.269. The van der Waals surface area contributed by atoms with Crippen LogP contribution in [0.3, 0.4) is 0 Å². The van der Waals surface area contributed by atoms with Crippen molar-refractivity contribution < 1.29 is 0 Å². The molecule has 0 fully saturated rings. The van der Waals surface area contributed by atoms with Crippen LogP contribution in [0.5, 0.6) is 0 Å². The highest BCUT2D eigenvalue weighted by Crippen LogP contribution is 2.48. The summed E-state index contributed by atoms with van der Waals surface area (Å²) >= 11 is 13.3. The Morgan fingerprint density at radius 2 is 1.90 bits per heavy atom. The van der Waals surface area contributed by atoms with Gasteiger partial charge in [-0.15, -0.1) is 0 Å². The molecule has 21 heavy (non-hydrogen) atoms. The third-order valence-corrected chi connectivity index (χ3v) is 3.76. The quantitative estimate of drug-likeness (QED) is 0.749. The third kappa shape index (κ3) is 2.61. The Labute approximate surface area is 133 Å². The maximum atomic E-state index is 8.95. The first-order chi connectivity index (χ1) is 10.1. The van der Waals surface area contributed by atoms with E-state index in [9.17, 15) is 0 Å². The second kappa shape index (κ2) is 5.41. The predicted molar refractivity (Wildman–Crippen MR) is 82.8 cm³/mol. The number of hydrogen-bond donors (Lipinski definition) is 1. The molecular formula is C12H6Cl2N6S. The first kappa shape index (κ1) is 13.9. The van der Waals surface area contributed by atoms with Crippen molar-refractivity contribution in [2.75, 3.05) is 5.32 Å². The summed E-state index contributed by atoms with van der Waals surface area (Å²) in [6, 6.07) is 5.15. The third-order valence-electron chi connectivity index (χ3n) is 2.65. The van der Waals surface area contributed by atoms with Crippen molar-refractivity contribution in [3.05, 3.63) is 33.6 Å². The molecule has 2 aromatic rings. The average Bonchev–Trinajstić information content (AvgIpc) is 2.92. The maximum absolute atomic E-state index is 8.95. The number of anilines is 2. The largest absolute Gasteiger partial charge is 0.321 e. The highest BCUT2D eigenvalue weighted by atomic mass is 35.5. The van der Waals surface area contributed by atoms with Crippen LogP contribution in [-0.4, -0.2) is 9.97 Å². The van der Waals surface area contributed by atoms with Crippen LogP contribution in [0.4, 0.5) is 23.0 Å². The van der Waals surface area contributed by atoms with Crippen LogP contribution >= 0.6 is 23.2 Å². The highest BCUT2D eigenvalue weighted by molar-refractivity contribution is 7.58. The number of fused-ring (bicyclic) bond motifs is 1. The molecule has 0 aliphatic carbocycles. The van der Waals surface area contributed by atoms with E-state index >= 15 is 0 Å². The normalized spacial score (nSPS) is 11.7. The minimum absolute atomic E-state index is 0.266. The second-order valence-corrected chi connectivity index (χ2v) is 5.47. The van der Waals surface area contributed by atoms with E-state index < -0.39 is 0 Å². The zero-order valence-electron chi connectivity index (χ0n) is 10.6. The molecule has 6 nitrogen and oxygen atoms in total. The lowest BCUT2D eigenvalue weighted by atomic mass is 10.2. The molecule has 0 amide bonds. The van der Waals surface area contributed by atoms with E-state index in [1.807, 2.05) is 6.07 Å². The average molecular weight is 337 g/mol. The van der Waals surface area contributed by atoms with Crippen molar-refractivity contribution >= 4 is 57.6 Å². The number of benzene rings is 1. The molecule has 0 saturated heterocycles. The summed E-state index contributed by atoms with van der Waals surface area (Å²) in [4.78, 5) is 8.30. The van der Waals surface area contributed by atoms with Gasteiger partial charge in [0.2, 0.25) is 5.95 Å². The van der Waals surface area contributed by atoms with Gasteiger partial charge in [0.05, 0.1) is 27.1 Å². The number of rotatable bonds is 2. The number of nitrogens with one attached hydrogen (secondary N) is 1. The van der Waals surface area contributed by atoms with E-state index in [1.54, 1.807) is 19.1 Å². The van der Waals surface area contributed by atoms with Crippen LogP contribution in [0.15, 0.2) is 20.9 Å². The van der Waals surface area contributed by atoms with E-state index in [4.69, 9.17) is 28.5 Å². The smallest absolute Gasteiger partial charge is 0.228 e. The molecule has 1 aromatic heterocycles. The number of aryl methyl sites for hydroxylation is 1. The van der Waals surface area contributed by atoms with Gasteiger partial charge in [0.25, 0.3) is 0 Å². The van der Waals surface area contributed by atoms with Gasteiger partial charge in [-0.2, -0.15) is 14.0 Å². The molecule has 0 saturated carbocycles. The van der Waals surface area contributed by atoms with Crippen molar-refractivity contribution in [2.24, 2.45) is 8.73 Å². The highest BCUT2D eigenvalue weighted by Gasteiger charge is 2.19. The monoisotopic (exact) mass is 336 g/mol. The molecule has 0 radical (unpaired) electrons. The topological polar surface area (TPSA) is 86.3 Å². The molecule has 0 unspecified atom stereocenters. The fourth-order valence-electron chi connectivity index (χ4n) is 1.79. The minimum atomic E-state index is 0.266. The van der Waals surface area contributed by atoms with Crippen LogP contribution in [0.2, 0.25) is 10.0 Å². The van der Waals surface area contributed by atoms with E-state index in [0.717, 1.165) is 11.4 Å². The number of halogens is 2. The Bertz CT molecular complexity index is 867. The molecule has 104 valence electrons. The molecule has 1 N–H and O–H groups in total. The first-order valence-corrected chi connectivity index (χ1v) is 7.20. The lowest BCUT2D eigenvalue weighted by molar-refractivity contribution is 1.09. The van der Waals surface area contributed by atoms with Gasteiger partial charge in [0.15, 0.2) is 0 Å². The van der Waals surface area contributed by atoms with E-state index in [1.165, 1.54) is 0 Å². The van der Waals surface area contributed by atoms with Crippen molar-refractivity contribution in [1.82, 2.24) is 9.97 Å². The van der Waals surface area contributed by atoms with Crippen LogP contribution in [0.25, 0.3) is 0 Å². The predicted octanol–water partition coefficient (Wildman–Crippen LogP) is 4.43. The zero-order valence-corrected chi connectivity index (χ0v) is 12.9. The van der Waals surface area contributed by atoms with E-state index in [-0.39, 0.29) is 11.6 Å². The summed E-state index contributed by atoms with van der Waals surface area (Å²) in [7, 11) is 0. The second-order valence-electron chi connectivity index (χ2n) is 4.13. The number of nitrogens with zero attached hydrogens (tertiary/aromatic N) is 5.